The van der Waals surface area contributed by atoms with E-state index in [1.54, 1.807) is 14.2 Å². The maximum atomic E-state index is 5.58. The molecule has 1 aliphatic carbocycles. The van der Waals surface area contributed by atoms with E-state index in [0.717, 1.165) is 36.0 Å². The maximum Gasteiger partial charge on any atom is 0.169 e. The number of ether oxygens (including phenoxy) is 2. The molecule has 1 aromatic carbocycles. The smallest absolute Gasteiger partial charge is 0.169 e. The van der Waals surface area contributed by atoms with Gasteiger partial charge in [0, 0.05) is 24.2 Å². The van der Waals surface area contributed by atoms with E-state index in [2.05, 4.69) is 16.3 Å². The first-order valence-electron chi connectivity index (χ1n) is 7.52. The summed E-state index contributed by atoms with van der Waals surface area (Å²) in [5.74, 6) is 1.69. The predicted molar refractivity (Wildman–Crippen MR) is 87.0 cm³/mol. The molecule has 1 N–H and O–H groups in total. The van der Waals surface area contributed by atoms with Gasteiger partial charge in [-0.2, -0.15) is 0 Å². The molecule has 3 rings (SSSR count). The van der Waals surface area contributed by atoms with Gasteiger partial charge in [0.2, 0.25) is 0 Å². The van der Waals surface area contributed by atoms with E-state index < -0.39 is 0 Å². The van der Waals surface area contributed by atoms with Crippen LogP contribution in [0, 0.1) is 0 Å². The van der Waals surface area contributed by atoms with Gasteiger partial charge in [-0.1, -0.05) is 0 Å². The molecule has 0 bridgehead atoms. The van der Waals surface area contributed by atoms with Crippen LogP contribution in [0.25, 0.3) is 0 Å². The van der Waals surface area contributed by atoms with Crippen molar-refractivity contribution in [1.29, 1.82) is 0 Å². The fraction of sp³-hybridized carbons (Fsp3) is 0.562. The van der Waals surface area contributed by atoms with E-state index in [0.29, 0.717) is 12.1 Å². The highest BCUT2D eigenvalue weighted by Crippen LogP contribution is 2.39. The lowest BCUT2D eigenvalue weighted by Gasteiger charge is -2.29. The highest BCUT2D eigenvalue weighted by atomic mass is 32.1. The number of likely N-dealkylation sites (tertiary alicyclic amines) is 1. The van der Waals surface area contributed by atoms with E-state index in [1.807, 2.05) is 12.1 Å². The van der Waals surface area contributed by atoms with Gasteiger partial charge in [0.1, 0.15) is 11.5 Å². The Hall–Kier alpha value is -1.49. The van der Waals surface area contributed by atoms with E-state index in [9.17, 15) is 0 Å². The van der Waals surface area contributed by atoms with Crippen LogP contribution < -0.4 is 14.8 Å². The molecule has 21 heavy (non-hydrogen) atoms. The first-order valence-corrected chi connectivity index (χ1v) is 7.93. The van der Waals surface area contributed by atoms with Crippen molar-refractivity contribution in [3.05, 3.63) is 23.8 Å². The number of methoxy groups -OCH3 is 2. The molecule has 2 fully saturated rings. The van der Waals surface area contributed by atoms with Crippen molar-refractivity contribution in [2.24, 2.45) is 0 Å². The third kappa shape index (κ3) is 3.07. The molecule has 1 saturated heterocycles. The standard InChI is InChI=1S/C16H22N2O2S/c1-19-12-7-8-13(15(10-12)20-2)14-4-3-9-18(14)16(21)17-11-5-6-11/h7-8,10-11,14H,3-6,9H2,1-2H3,(H,17,21)/t14-/m1/s1. The number of nitrogens with zero attached hydrogens (tertiary/aromatic N) is 1. The molecule has 1 aromatic rings. The molecule has 1 heterocycles. The summed E-state index contributed by atoms with van der Waals surface area (Å²) in [5.41, 5.74) is 1.19. The molecule has 0 aromatic heterocycles. The van der Waals surface area contributed by atoms with Gasteiger partial charge >= 0.3 is 0 Å². The minimum atomic E-state index is 0.296. The average molecular weight is 306 g/mol. The molecule has 1 atom stereocenters. The Balaban J connectivity index is 1.82. The van der Waals surface area contributed by atoms with Crippen molar-refractivity contribution in [3.8, 4) is 11.5 Å². The molecule has 1 aliphatic heterocycles. The highest BCUT2D eigenvalue weighted by molar-refractivity contribution is 7.80. The first kappa shape index (κ1) is 14.4. The van der Waals surface area contributed by atoms with Crippen LogP contribution in [-0.4, -0.2) is 36.8 Å². The Morgan fingerprint density at radius 1 is 1.24 bits per heavy atom. The molecule has 0 amide bonds. The molecule has 0 spiro atoms. The van der Waals surface area contributed by atoms with Gasteiger partial charge in [-0.25, -0.2) is 0 Å². The Morgan fingerprint density at radius 2 is 2.05 bits per heavy atom. The van der Waals surface area contributed by atoms with Crippen molar-refractivity contribution < 1.29 is 9.47 Å². The SMILES string of the molecule is COc1ccc([C@H]2CCCN2C(=S)NC2CC2)c(OC)c1. The normalized spacial score (nSPS) is 21.2. The van der Waals surface area contributed by atoms with Gasteiger partial charge < -0.3 is 19.7 Å². The van der Waals surface area contributed by atoms with Gasteiger partial charge in [-0.3, -0.25) is 0 Å². The fourth-order valence-corrected chi connectivity index (χ4v) is 3.30. The number of hydrogen-bond acceptors (Lipinski definition) is 3. The molecule has 0 unspecified atom stereocenters. The maximum absolute atomic E-state index is 5.58. The Kier molecular flexibility index (Phi) is 4.19. The third-order valence-corrected chi connectivity index (χ3v) is 4.57. The second kappa shape index (κ2) is 6.10. The lowest BCUT2D eigenvalue weighted by atomic mass is 10.0. The fourth-order valence-electron chi connectivity index (χ4n) is 2.91. The minimum Gasteiger partial charge on any atom is -0.497 e. The van der Waals surface area contributed by atoms with Crippen LogP contribution in [0.2, 0.25) is 0 Å². The molecule has 4 nitrogen and oxygen atoms in total. The van der Waals surface area contributed by atoms with Crippen LogP contribution in [0.4, 0.5) is 0 Å². The Bertz CT molecular complexity index is 531. The van der Waals surface area contributed by atoms with E-state index in [4.69, 9.17) is 21.7 Å². The van der Waals surface area contributed by atoms with Crippen LogP contribution in [-0.2, 0) is 0 Å². The zero-order valence-corrected chi connectivity index (χ0v) is 13.4. The molecular weight excluding hydrogens is 284 g/mol. The lowest BCUT2D eigenvalue weighted by molar-refractivity contribution is 0.357. The summed E-state index contributed by atoms with van der Waals surface area (Å²) in [7, 11) is 3.38. The Morgan fingerprint density at radius 3 is 2.71 bits per heavy atom. The zero-order valence-electron chi connectivity index (χ0n) is 12.6. The third-order valence-electron chi connectivity index (χ3n) is 4.22. The summed E-state index contributed by atoms with van der Waals surface area (Å²) in [4.78, 5) is 2.30. The zero-order chi connectivity index (χ0) is 14.8. The number of rotatable bonds is 4. The van der Waals surface area contributed by atoms with Gasteiger partial charge in [-0.15, -0.1) is 0 Å². The lowest BCUT2D eigenvalue weighted by Crippen LogP contribution is -2.40. The number of nitrogens with one attached hydrogen (secondary N) is 1. The van der Waals surface area contributed by atoms with Crippen LogP contribution in [0.15, 0.2) is 18.2 Å². The van der Waals surface area contributed by atoms with Gasteiger partial charge in [0.05, 0.1) is 20.3 Å². The van der Waals surface area contributed by atoms with Gasteiger partial charge in [-0.05, 0) is 50.0 Å². The monoisotopic (exact) mass is 306 g/mol. The van der Waals surface area contributed by atoms with E-state index in [-0.39, 0.29) is 0 Å². The summed E-state index contributed by atoms with van der Waals surface area (Å²) < 4.78 is 10.8. The molecule has 114 valence electrons. The second-order valence-electron chi connectivity index (χ2n) is 5.68. The summed E-state index contributed by atoms with van der Waals surface area (Å²) in [6.45, 7) is 1.01. The van der Waals surface area contributed by atoms with Crippen LogP contribution in [0.1, 0.15) is 37.3 Å². The molecule has 5 heteroatoms. The second-order valence-corrected chi connectivity index (χ2v) is 6.07. The van der Waals surface area contributed by atoms with E-state index in [1.165, 1.54) is 18.4 Å². The van der Waals surface area contributed by atoms with Crippen LogP contribution in [0.5, 0.6) is 11.5 Å². The quantitative estimate of drug-likeness (QED) is 0.865. The van der Waals surface area contributed by atoms with Crippen molar-refractivity contribution in [2.75, 3.05) is 20.8 Å². The molecule has 1 saturated carbocycles. The van der Waals surface area contributed by atoms with Gasteiger partial charge in [0.25, 0.3) is 0 Å². The minimum absolute atomic E-state index is 0.296. The summed E-state index contributed by atoms with van der Waals surface area (Å²) in [6, 6.07) is 6.93. The largest absolute Gasteiger partial charge is 0.497 e. The predicted octanol–water partition coefficient (Wildman–Crippen LogP) is 2.88. The molecule has 2 aliphatic rings. The summed E-state index contributed by atoms with van der Waals surface area (Å²) in [6.07, 6.45) is 4.75. The van der Waals surface area contributed by atoms with Crippen molar-refractivity contribution in [1.82, 2.24) is 10.2 Å². The van der Waals surface area contributed by atoms with Crippen LogP contribution >= 0.6 is 12.2 Å². The Labute approximate surface area is 131 Å². The number of benzene rings is 1. The summed E-state index contributed by atoms with van der Waals surface area (Å²) in [5, 5.41) is 4.33. The number of hydrogen-bond donors (Lipinski definition) is 1. The van der Waals surface area contributed by atoms with Crippen molar-refractivity contribution in [2.45, 2.75) is 37.8 Å². The highest BCUT2D eigenvalue weighted by Gasteiger charge is 2.32. The molecular formula is C16H22N2O2S. The summed E-state index contributed by atoms with van der Waals surface area (Å²) >= 11 is 5.58. The van der Waals surface area contributed by atoms with Crippen molar-refractivity contribution in [3.63, 3.8) is 0 Å². The molecule has 0 radical (unpaired) electrons. The van der Waals surface area contributed by atoms with Crippen LogP contribution in [0.3, 0.4) is 0 Å². The number of thiocarbonyl (C=S) groups is 1. The first-order chi connectivity index (χ1) is 10.2. The topological polar surface area (TPSA) is 33.7 Å². The van der Waals surface area contributed by atoms with E-state index >= 15 is 0 Å². The average Bonchev–Trinajstić information content (AvgIpc) is 3.18. The van der Waals surface area contributed by atoms with Crippen molar-refractivity contribution >= 4 is 17.3 Å². The van der Waals surface area contributed by atoms with Gasteiger partial charge in [0.15, 0.2) is 5.11 Å².